The summed E-state index contributed by atoms with van der Waals surface area (Å²) in [5, 5.41) is 3.02. The van der Waals surface area contributed by atoms with Crippen molar-refractivity contribution in [1.82, 2.24) is 20.2 Å². The number of carbonyl (C=O) groups is 2. The number of amides is 2. The number of H-pyrrole nitrogens is 1. The van der Waals surface area contributed by atoms with E-state index in [9.17, 15) is 9.59 Å². The van der Waals surface area contributed by atoms with Crippen molar-refractivity contribution in [3.8, 4) is 11.3 Å². The summed E-state index contributed by atoms with van der Waals surface area (Å²) in [5.74, 6) is 0.593. The number of piperidine rings is 1. The number of carbonyl (C=O) groups excluding carboxylic acids is 2. The zero-order chi connectivity index (χ0) is 17.8. The first-order valence-corrected chi connectivity index (χ1v) is 8.71. The number of benzene rings is 1. The number of nitrogens with one attached hydrogen (secondary N) is 2. The van der Waals surface area contributed by atoms with E-state index >= 15 is 0 Å². The van der Waals surface area contributed by atoms with Gasteiger partial charge >= 0.3 is 0 Å². The summed E-state index contributed by atoms with van der Waals surface area (Å²) in [7, 11) is 0. The molecule has 2 amide bonds. The van der Waals surface area contributed by atoms with Gasteiger partial charge in [-0.3, -0.25) is 9.59 Å². The van der Waals surface area contributed by atoms with Gasteiger partial charge in [-0.1, -0.05) is 30.3 Å². The molecule has 0 aliphatic carbocycles. The van der Waals surface area contributed by atoms with Crippen LogP contribution in [-0.4, -0.2) is 39.8 Å². The lowest BCUT2D eigenvalue weighted by Crippen LogP contribution is -2.45. The van der Waals surface area contributed by atoms with Crippen molar-refractivity contribution < 1.29 is 9.59 Å². The maximum absolute atomic E-state index is 12.5. The summed E-state index contributed by atoms with van der Waals surface area (Å²) < 4.78 is 0. The van der Waals surface area contributed by atoms with Gasteiger partial charge in [0.25, 0.3) is 0 Å². The molecule has 6 heteroatoms. The van der Waals surface area contributed by atoms with Crippen molar-refractivity contribution in [3.05, 3.63) is 42.4 Å². The minimum Gasteiger partial charge on any atom is -0.346 e. The molecule has 2 aromatic rings. The molecule has 0 saturated carbocycles. The van der Waals surface area contributed by atoms with Crippen LogP contribution in [0.3, 0.4) is 0 Å². The topological polar surface area (TPSA) is 78.1 Å². The van der Waals surface area contributed by atoms with Crippen molar-refractivity contribution >= 4 is 11.8 Å². The number of hydrogen-bond donors (Lipinski definition) is 2. The molecular weight excluding hydrogens is 316 g/mol. The van der Waals surface area contributed by atoms with Crippen LogP contribution in [-0.2, 0) is 9.59 Å². The molecule has 0 bridgehead atoms. The smallest absolute Gasteiger partial charge is 0.225 e. The standard InChI is InChI=1S/C19H24N4O2/c1-13(18-20-11-17(22-18)15-7-4-3-5-8-15)21-19(25)16-9-6-10-23(12-16)14(2)24/h3-5,7-8,11,13,16H,6,9-10,12H2,1-2H3,(H,20,22)(H,21,25). The van der Waals surface area contributed by atoms with Gasteiger partial charge in [0.05, 0.1) is 23.9 Å². The Hall–Kier alpha value is -2.63. The molecule has 1 aliphatic rings. The summed E-state index contributed by atoms with van der Waals surface area (Å²) in [6.45, 7) is 4.71. The Balaban J connectivity index is 1.62. The Morgan fingerprint density at radius 3 is 2.80 bits per heavy atom. The number of aromatic nitrogens is 2. The maximum Gasteiger partial charge on any atom is 0.225 e. The molecule has 2 unspecified atom stereocenters. The summed E-state index contributed by atoms with van der Waals surface area (Å²) >= 11 is 0. The quantitative estimate of drug-likeness (QED) is 0.898. The third-order valence-corrected chi connectivity index (χ3v) is 4.69. The number of imidazole rings is 1. The van der Waals surface area contributed by atoms with Gasteiger partial charge in [0.1, 0.15) is 5.82 Å². The Kier molecular flexibility index (Phi) is 5.16. The normalized spacial score (nSPS) is 18.6. The summed E-state index contributed by atoms with van der Waals surface area (Å²) in [4.78, 5) is 33.5. The molecule has 0 radical (unpaired) electrons. The van der Waals surface area contributed by atoms with Gasteiger partial charge < -0.3 is 15.2 Å². The van der Waals surface area contributed by atoms with Crippen LogP contribution >= 0.6 is 0 Å². The highest BCUT2D eigenvalue weighted by Gasteiger charge is 2.28. The number of hydrogen-bond acceptors (Lipinski definition) is 3. The third kappa shape index (κ3) is 4.07. The second-order valence-electron chi connectivity index (χ2n) is 6.58. The van der Waals surface area contributed by atoms with Crippen LogP contribution in [0.2, 0.25) is 0 Å². The molecule has 1 fully saturated rings. The predicted molar refractivity (Wildman–Crippen MR) is 95.6 cm³/mol. The lowest BCUT2D eigenvalue weighted by atomic mass is 9.97. The van der Waals surface area contributed by atoms with E-state index < -0.39 is 0 Å². The Labute approximate surface area is 147 Å². The number of nitrogens with zero attached hydrogens (tertiary/aromatic N) is 2. The van der Waals surface area contributed by atoms with E-state index in [0.29, 0.717) is 6.54 Å². The van der Waals surface area contributed by atoms with Crippen molar-refractivity contribution in [3.63, 3.8) is 0 Å². The van der Waals surface area contributed by atoms with Gasteiger partial charge in [0.2, 0.25) is 11.8 Å². The fraction of sp³-hybridized carbons (Fsp3) is 0.421. The second-order valence-corrected chi connectivity index (χ2v) is 6.58. The minimum absolute atomic E-state index is 0.0175. The molecule has 132 valence electrons. The first kappa shape index (κ1) is 17.2. The molecule has 2 heterocycles. The predicted octanol–water partition coefficient (Wildman–Crippen LogP) is 2.51. The average molecular weight is 340 g/mol. The number of rotatable bonds is 4. The van der Waals surface area contributed by atoms with Crippen LogP contribution < -0.4 is 5.32 Å². The lowest BCUT2D eigenvalue weighted by Gasteiger charge is -2.31. The van der Waals surface area contributed by atoms with Gasteiger partial charge in [-0.25, -0.2) is 4.98 Å². The lowest BCUT2D eigenvalue weighted by molar-refractivity contribution is -0.134. The Morgan fingerprint density at radius 1 is 1.32 bits per heavy atom. The van der Waals surface area contributed by atoms with Crippen LogP contribution in [0.5, 0.6) is 0 Å². The van der Waals surface area contributed by atoms with Gasteiger partial charge in [-0.15, -0.1) is 0 Å². The largest absolute Gasteiger partial charge is 0.346 e. The van der Waals surface area contributed by atoms with E-state index in [1.807, 2.05) is 37.3 Å². The van der Waals surface area contributed by atoms with E-state index in [4.69, 9.17) is 0 Å². The molecule has 0 spiro atoms. The first-order valence-electron chi connectivity index (χ1n) is 8.71. The van der Waals surface area contributed by atoms with E-state index in [1.165, 1.54) is 0 Å². The maximum atomic E-state index is 12.5. The molecular formula is C19H24N4O2. The van der Waals surface area contributed by atoms with E-state index in [-0.39, 0.29) is 23.8 Å². The molecule has 2 atom stereocenters. The molecule has 3 rings (SSSR count). The Bertz CT molecular complexity index is 741. The minimum atomic E-state index is -0.210. The van der Waals surface area contributed by atoms with Crippen LogP contribution in [0.15, 0.2) is 36.5 Å². The van der Waals surface area contributed by atoms with Gasteiger partial charge in [-0.05, 0) is 25.3 Å². The fourth-order valence-corrected chi connectivity index (χ4v) is 3.20. The molecule has 6 nitrogen and oxygen atoms in total. The van der Waals surface area contributed by atoms with E-state index in [2.05, 4.69) is 15.3 Å². The van der Waals surface area contributed by atoms with Gasteiger partial charge in [0, 0.05) is 20.0 Å². The van der Waals surface area contributed by atoms with Gasteiger partial charge in [0.15, 0.2) is 0 Å². The highest BCUT2D eigenvalue weighted by Crippen LogP contribution is 2.21. The highest BCUT2D eigenvalue weighted by molar-refractivity contribution is 5.81. The molecule has 1 aromatic carbocycles. The van der Waals surface area contributed by atoms with Crippen LogP contribution in [0, 0.1) is 5.92 Å². The first-order chi connectivity index (χ1) is 12.0. The monoisotopic (exact) mass is 340 g/mol. The molecule has 1 saturated heterocycles. The summed E-state index contributed by atoms with van der Waals surface area (Å²) in [6.07, 6.45) is 3.46. The Morgan fingerprint density at radius 2 is 2.08 bits per heavy atom. The molecule has 25 heavy (non-hydrogen) atoms. The second kappa shape index (κ2) is 7.51. The van der Waals surface area contributed by atoms with E-state index in [1.54, 1.807) is 18.0 Å². The van der Waals surface area contributed by atoms with Crippen molar-refractivity contribution in [2.24, 2.45) is 5.92 Å². The average Bonchev–Trinajstić information content (AvgIpc) is 3.13. The van der Waals surface area contributed by atoms with Crippen LogP contribution in [0.1, 0.15) is 38.6 Å². The summed E-state index contributed by atoms with van der Waals surface area (Å²) in [6, 6.07) is 9.74. The number of aromatic amines is 1. The molecule has 1 aliphatic heterocycles. The zero-order valence-corrected chi connectivity index (χ0v) is 14.7. The van der Waals surface area contributed by atoms with Crippen molar-refractivity contribution in [1.29, 1.82) is 0 Å². The van der Waals surface area contributed by atoms with E-state index in [0.717, 1.165) is 36.5 Å². The SMILES string of the molecule is CC(=O)N1CCCC(C(=O)NC(C)c2ncc(-c3ccccc3)[nH]2)C1. The highest BCUT2D eigenvalue weighted by atomic mass is 16.2. The summed E-state index contributed by atoms with van der Waals surface area (Å²) in [5.41, 5.74) is 1.99. The molecule has 1 aromatic heterocycles. The molecule has 2 N–H and O–H groups in total. The van der Waals surface area contributed by atoms with Crippen molar-refractivity contribution in [2.75, 3.05) is 13.1 Å². The van der Waals surface area contributed by atoms with Gasteiger partial charge in [-0.2, -0.15) is 0 Å². The fourth-order valence-electron chi connectivity index (χ4n) is 3.20. The number of likely N-dealkylation sites (tertiary alicyclic amines) is 1. The third-order valence-electron chi connectivity index (χ3n) is 4.69. The zero-order valence-electron chi connectivity index (χ0n) is 14.7. The van der Waals surface area contributed by atoms with Crippen LogP contribution in [0.25, 0.3) is 11.3 Å². The van der Waals surface area contributed by atoms with Crippen molar-refractivity contribution in [2.45, 2.75) is 32.7 Å². The van der Waals surface area contributed by atoms with Crippen LogP contribution in [0.4, 0.5) is 0 Å².